The fraction of sp³-hybridized carbons (Fsp3) is 0.917. The molecule has 0 spiro atoms. The lowest BCUT2D eigenvalue weighted by Gasteiger charge is -2.35. The number of carbonyl (C=O) groups is 1. The zero-order valence-corrected chi connectivity index (χ0v) is 10.3. The van der Waals surface area contributed by atoms with Crippen LogP contribution in [0.1, 0.15) is 26.2 Å². The quantitative estimate of drug-likeness (QED) is 0.718. The Kier molecular flexibility index (Phi) is 3.82. The van der Waals surface area contributed by atoms with Crippen molar-refractivity contribution in [3.8, 4) is 0 Å². The van der Waals surface area contributed by atoms with E-state index in [4.69, 9.17) is 0 Å². The Labute approximate surface area is 97.8 Å². The minimum Gasteiger partial charge on any atom is -0.352 e. The van der Waals surface area contributed by atoms with Crippen molar-refractivity contribution >= 4 is 5.91 Å². The molecule has 4 heteroatoms. The van der Waals surface area contributed by atoms with Crippen LogP contribution < -0.4 is 10.6 Å². The van der Waals surface area contributed by atoms with Crippen molar-refractivity contribution in [2.75, 3.05) is 26.7 Å². The van der Waals surface area contributed by atoms with Gasteiger partial charge in [0.2, 0.25) is 5.91 Å². The summed E-state index contributed by atoms with van der Waals surface area (Å²) in [6.45, 7) is 4.88. The Balaban J connectivity index is 1.68. The van der Waals surface area contributed by atoms with Crippen molar-refractivity contribution in [1.29, 1.82) is 0 Å². The minimum atomic E-state index is 0.160. The molecule has 92 valence electrons. The van der Waals surface area contributed by atoms with Crippen LogP contribution in [0.25, 0.3) is 0 Å². The molecule has 2 aliphatic rings. The van der Waals surface area contributed by atoms with Crippen LogP contribution in [-0.2, 0) is 4.79 Å². The summed E-state index contributed by atoms with van der Waals surface area (Å²) in [6, 6.07) is 0.977. The molecule has 1 amide bonds. The third-order valence-electron chi connectivity index (χ3n) is 3.58. The molecule has 1 aliphatic heterocycles. The molecule has 0 aromatic carbocycles. The first kappa shape index (κ1) is 11.9. The number of rotatable bonds is 4. The number of nitrogens with zero attached hydrogens (tertiary/aromatic N) is 1. The first-order valence-corrected chi connectivity index (χ1v) is 6.36. The first-order valence-electron chi connectivity index (χ1n) is 6.36. The van der Waals surface area contributed by atoms with E-state index < -0.39 is 0 Å². The number of carbonyl (C=O) groups excluding carboxylic acids is 1. The lowest BCUT2D eigenvalue weighted by Crippen LogP contribution is -2.50. The molecule has 0 aromatic heterocycles. The van der Waals surface area contributed by atoms with Gasteiger partial charge in [-0.05, 0) is 38.8 Å². The molecule has 4 nitrogen and oxygen atoms in total. The van der Waals surface area contributed by atoms with Gasteiger partial charge in [0.1, 0.15) is 0 Å². The smallest absolute Gasteiger partial charge is 0.234 e. The van der Waals surface area contributed by atoms with E-state index in [0.717, 1.165) is 19.5 Å². The van der Waals surface area contributed by atoms with Crippen LogP contribution >= 0.6 is 0 Å². The highest BCUT2D eigenvalue weighted by molar-refractivity contribution is 5.78. The molecule has 1 aliphatic carbocycles. The maximum Gasteiger partial charge on any atom is 0.234 e. The van der Waals surface area contributed by atoms with Gasteiger partial charge in [-0.2, -0.15) is 0 Å². The lowest BCUT2D eigenvalue weighted by molar-refractivity contribution is -0.121. The Morgan fingerprint density at radius 3 is 2.75 bits per heavy atom. The maximum atomic E-state index is 11.7. The van der Waals surface area contributed by atoms with Gasteiger partial charge in [-0.3, -0.25) is 4.79 Å². The summed E-state index contributed by atoms with van der Waals surface area (Å²) in [5.41, 5.74) is 0. The van der Waals surface area contributed by atoms with E-state index in [1.807, 2.05) is 0 Å². The molecule has 1 saturated heterocycles. The van der Waals surface area contributed by atoms with Crippen molar-refractivity contribution in [3.63, 3.8) is 0 Å². The van der Waals surface area contributed by atoms with Gasteiger partial charge in [0.15, 0.2) is 0 Å². The average Bonchev–Trinajstić information content (AvgIpc) is 3.03. The highest BCUT2D eigenvalue weighted by atomic mass is 16.2. The summed E-state index contributed by atoms with van der Waals surface area (Å²) in [5, 5.41) is 6.39. The Bertz CT molecular complexity index is 253. The molecule has 1 heterocycles. The molecule has 1 saturated carbocycles. The van der Waals surface area contributed by atoms with Crippen LogP contribution in [0.15, 0.2) is 0 Å². The molecular weight excluding hydrogens is 202 g/mol. The maximum absolute atomic E-state index is 11.7. The number of hydrogen-bond acceptors (Lipinski definition) is 3. The van der Waals surface area contributed by atoms with E-state index in [-0.39, 0.29) is 5.91 Å². The second kappa shape index (κ2) is 5.15. The van der Waals surface area contributed by atoms with Gasteiger partial charge in [-0.25, -0.2) is 0 Å². The number of amides is 1. The largest absolute Gasteiger partial charge is 0.352 e. The zero-order chi connectivity index (χ0) is 11.5. The van der Waals surface area contributed by atoms with Crippen molar-refractivity contribution in [3.05, 3.63) is 0 Å². The molecule has 2 N–H and O–H groups in total. The van der Waals surface area contributed by atoms with Crippen LogP contribution in [0.5, 0.6) is 0 Å². The minimum absolute atomic E-state index is 0.160. The van der Waals surface area contributed by atoms with E-state index in [1.165, 1.54) is 12.8 Å². The van der Waals surface area contributed by atoms with Gasteiger partial charge < -0.3 is 15.5 Å². The van der Waals surface area contributed by atoms with E-state index in [0.29, 0.717) is 24.5 Å². The van der Waals surface area contributed by atoms with Gasteiger partial charge in [-0.1, -0.05) is 6.92 Å². The van der Waals surface area contributed by atoms with Gasteiger partial charge >= 0.3 is 0 Å². The van der Waals surface area contributed by atoms with Crippen molar-refractivity contribution in [2.24, 2.45) is 5.92 Å². The highest BCUT2D eigenvalue weighted by Gasteiger charge is 2.26. The van der Waals surface area contributed by atoms with Crippen LogP contribution in [0.3, 0.4) is 0 Å². The molecule has 2 unspecified atom stereocenters. The highest BCUT2D eigenvalue weighted by Crippen LogP contribution is 2.18. The van der Waals surface area contributed by atoms with Crippen LogP contribution in [0.4, 0.5) is 0 Å². The summed E-state index contributed by atoms with van der Waals surface area (Å²) in [4.78, 5) is 14.0. The van der Waals surface area contributed by atoms with Crippen molar-refractivity contribution in [2.45, 2.75) is 38.3 Å². The van der Waals surface area contributed by atoms with Gasteiger partial charge in [0, 0.05) is 18.6 Å². The molecule has 0 radical (unpaired) electrons. The first-order chi connectivity index (χ1) is 7.65. The van der Waals surface area contributed by atoms with Crippen molar-refractivity contribution in [1.82, 2.24) is 15.5 Å². The molecule has 2 rings (SSSR count). The standard InChI is InChI=1S/C12H23N3O/c1-9-8-15(2)6-5-11(9)14-12(16)7-13-10-3-4-10/h9-11,13H,3-8H2,1-2H3,(H,14,16). The molecule has 2 atom stereocenters. The molecule has 0 bridgehead atoms. The Morgan fingerprint density at radius 2 is 2.12 bits per heavy atom. The number of likely N-dealkylation sites (tertiary alicyclic amines) is 1. The summed E-state index contributed by atoms with van der Waals surface area (Å²) in [5.74, 6) is 0.719. The zero-order valence-electron chi connectivity index (χ0n) is 10.3. The lowest BCUT2D eigenvalue weighted by atomic mass is 9.94. The normalized spacial score (nSPS) is 31.4. The predicted octanol–water partition coefficient (Wildman–Crippen LogP) is 0.195. The fourth-order valence-corrected chi connectivity index (χ4v) is 2.35. The topological polar surface area (TPSA) is 44.4 Å². The molecule has 2 fully saturated rings. The van der Waals surface area contributed by atoms with Crippen LogP contribution in [0, 0.1) is 5.92 Å². The van der Waals surface area contributed by atoms with Gasteiger partial charge in [0.25, 0.3) is 0 Å². The van der Waals surface area contributed by atoms with E-state index >= 15 is 0 Å². The van der Waals surface area contributed by atoms with Gasteiger partial charge in [-0.15, -0.1) is 0 Å². The number of piperidine rings is 1. The number of nitrogens with one attached hydrogen (secondary N) is 2. The second-order valence-corrected chi connectivity index (χ2v) is 5.36. The summed E-state index contributed by atoms with van der Waals surface area (Å²) in [6.07, 6.45) is 3.54. The summed E-state index contributed by atoms with van der Waals surface area (Å²) >= 11 is 0. The Morgan fingerprint density at radius 1 is 1.38 bits per heavy atom. The Hall–Kier alpha value is -0.610. The molecular formula is C12H23N3O. The average molecular weight is 225 g/mol. The number of hydrogen-bond donors (Lipinski definition) is 2. The monoisotopic (exact) mass is 225 g/mol. The van der Waals surface area contributed by atoms with Gasteiger partial charge in [0.05, 0.1) is 6.54 Å². The van der Waals surface area contributed by atoms with Crippen LogP contribution in [0.2, 0.25) is 0 Å². The van der Waals surface area contributed by atoms with Crippen LogP contribution in [-0.4, -0.2) is 49.6 Å². The fourth-order valence-electron chi connectivity index (χ4n) is 2.35. The molecule has 16 heavy (non-hydrogen) atoms. The van der Waals surface area contributed by atoms with E-state index in [2.05, 4.69) is 29.5 Å². The molecule has 0 aromatic rings. The predicted molar refractivity (Wildman–Crippen MR) is 64.2 cm³/mol. The van der Waals surface area contributed by atoms with Crippen molar-refractivity contribution < 1.29 is 4.79 Å². The third kappa shape index (κ3) is 3.46. The third-order valence-corrected chi connectivity index (χ3v) is 3.58. The second-order valence-electron chi connectivity index (χ2n) is 5.36. The van der Waals surface area contributed by atoms with E-state index in [1.54, 1.807) is 0 Å². The SMILES string of the molecule is CC1CN(C)CCC1NC(=O)CNC1CC1. The summed E-state index contributed by atoms with van der Waals surface area (Å²) in [7, 11) is 2.14. The summed E-state index contributed by atoms with van der Waals surface area (Å²) < 4.78 is 0. The van der Waals surface area contributed by atoms with E-state index in [9.17, 15) is 4.79 Å².